The average molecular weight is 366 g/mol. The van der Waals surface area contributed by atoms with Crippen molar-refractivity contribution in [3.8, 4) is 0 Å². The molecule has 0 N–H and O–H groups in total. The molecule has 26 heavy (non-hydrogen) atoms. The second-order valence-corrected chi connectivity index (χ2v) is 7.07. The fourth-order valence-electron chi connectivity index (χ4n) is 3.95. The number of aromatic nitrogens is 1. The minimum absolute atomic E-state index is 0.199. The van der Waals surface area contributed by atoms with Crippen LogP contribution in [0, 0.1) is 5.92 Å². The lowest BCUT2D eigenvalue weighted by Gasteiger charge is -2.40. The van der Waals surface area contributed by atoms with Gasteiger partial charge >= 0.3 is 6.18 Å². The number of piperidine rings is 1. The van der Waals surface area contributed by atoms with E-state index in [1.165, 1.54) is 12.1 Å². The van der Waals surface area contributed by atoms with Gasteiger partial charge in [0.1, 0.15) is 5.82 Å². The molecule has 2 aliphatic rings. The molecule has 1 unspecified atom stereocenters. The second kappa shape index (κ2) is 6.39. The topological polar surface area (TPSA) is 34.6 Å². The molecule has 0 spiro atoms. The van der Waals surface area contributed by atoms with Crippen molar-refractivity contribution in [2.75, 3.05) is 31.2 Å². The first-order chi connectivity index (χ1) is 12.4. The maximum Gasteiger partial charge on any atom is 0.416 e. The Morgan fingerprint density at radius 2 is 1.96 bits per heavy atom. The highest BCUT2D eigenvalue weighted by Crippen LogP contribution is 2.38. The van der Waals surface area contributed by atoms with Crippen LogP contribution in [0.25, 0.3) is 10.8 Å². The average Bonchev–Trinajstić information content (AvgIpc) is 3.08. The second-order valence-electron chi connectivity index (χ2n) is 7.07. The predicted molar refractivity (Wildman–Crippen MR) is 92.0 cm³/mol. The molecule has 1 atom stereocenters. The molecule has 2 aromatic rings. The SMILES string of the molecule is CC1(C2CCCN(c3nccc4cc(C(F)(F)F)ccc34)C2)OCCO1. The third-order valence-electron chi connectivity index (χ3n) is 5.39. The smallest absolute Gasteiger partial charge is 0.356 e. The van der Waals surface area contributed by atoms with E-state index in [1.807, 2.05) is 6.92 Å². The summed E-state index contributed by atoms with van der Waals surface area (Å²) in [6, 6.07) is 5.46. The van der Waals surface area contributed by atoms with E-state index in [2.05, 4.69) is 9.88 Å². The van der Waals surface area contributed by atoms with Crippen LogP contribution in [0.5, 0.6) is 0 Å². The van der Waals surface area contributed by atoms with Gasteiger partial charge in [-0.2, -0.15) is 13.2 Å². The number of ether oxygens (including phenoxy) is 2. The fourth-order valence-corrected chi connectivity index (χ4v) is 3.95. The summed E-state index contributed by atoms with van der Waals surface area (Å²) in [6.07, 6.45) is -0.813. The molecule has 2 aliphatic heterocycles. The molecule has 2 fully saturated rings. The van der Waals surface area contributed by atoms with Gasteiger partial charge in [-0.05, 0) is 43.4 Å². The number of nitrogens with zero attached hydrogens (tertiary/aromatic N) is 2. The molecule has 3 heterocycles. The Morgan fingerprint density at radius 3 is 2.69 bits per heavy atom. The van der Waals surface area contributed by atoms with Gasteiger partial charge in [-0.15, -0.1) is 0 Å². The lowest BCUT2D eigenvalue weighted by molar-refractivity contribution is -0.182. The van der Waals surface area contributed by atoms with Gasteiger partial charge < -0.3 is 14.4 Å². The third-order valence-corrected chi connectivity index (χ3v) is 5.39. The first-order valence-electron chi connectivity index (χ1n) is 8.86. The summed E-state index contributed by atoms with van der Waals surface area (Å²) < 4.78 is 50.6. The van der Waals surface area contributed by atoms with Crippen LogP contribution in [0.1, 0.15) is 25.3 Å². The molecule has 0 bridgehead atoms. The van der Waals surface area contributed by atoms with Gasteiger partial charge in [-0.3, -0.25) is 0 Å². The van der Waals surface area contributed by atoms with Crippen molar-refractivity contribution in [1.29, 1.82) is 0 Å². The number of fused-ring (bicyclic) bond motifs is 1. The summed E-state index contributed by atoms with van der Waals surface area (Å²) in [7, 11) is 0. The van der Waals surface area contributed by atoms with E-state index < -0.39 is 17.5 Å². The minimum Gasteiger partial charge on any atom is -0.356 e. The number of hydrogen-bond acceptors (Lipinski definition) is 4. The zero-order valence-corrected chi connectivity index (χ0v) is 14.6. The normalized spacial score (nSPS) is 23.5. The van der Waals surface area contributed by atoms with Gasteiger partial charge in [0, 0.05) is 30.6 Å². The Kier molecular flexibility index (Phi) is 4.31. The van der Waals surface area contributed by atoms with E-state index in [0.29, 0.717) is 25.1 Å². The van der Waals surface area contributed by atoms with E-state index in [4.69, 9.17) is 9.47 Å². The van der Waals surface area contributed by atoms with Crippen LogP contribution < -0.4 is 4.90 Å². The molecule has 4 nitrogen and oxygen atoms in total. The van der Waals surface area contributed by atoms with Crippen LogP contribution >= 0.6 is 0 Å². The van der Waals surface area contributed by atoms with Crippen molar-refractivity contribution in [2.24, 2.45) is 5.92 Å². The molecule has 0 amide bonds. The summed E-state index contributed by atoms with van der Waals surface area (Å²) in [5.74, 6) is 0.333. The Hall–Kier alpha value is -1.86. The summed E-state index contributed by atoms with van der Waals surface area (Å²) in [5, 5.41) is 1.28. The zero-order valence-electron chi connectivity index (χ0n) is 14.6. The summed E-state index contributed by atoms with van der Waals surface area (Å²) in [4.78, 5) is 6.61. The van der Waals surface area contributed by atoms with Gasteiger partial charge in [-0.1, -0.05) is 6.07 Å². The van der Waals surface area contributed by atoms with Crippen molar-refractivity contribution >= 4 is 16.6 Å². The molecular weight excluding hydrogens is 345 g/mol. The maximum atomic E-state index is 13.0. The van der Waals surface area contributed by atoms with Crippen LogP contribution in [-0.2, 0) is 15.7 Å². The Balaban J connectivity index is 1.65. The van der Waals surface area contributed by atoms with Crippen LogP contribution in [0.4, 0.5) is 19.0 Å². The van der Waals surface area contributed by atoms with Gasteiger partial charge in [0.15, 0.2) is 5.79 Å². The number of halogens is 3. The summed E-state index contributed by atoms with van der Waals surface area (Å²) >= 11 is 0. The molecule has 0 saturated carbocycles. The largest absolute Gasteiger partial charge is 0.416 e. The number of hydrogen-bond donors (Lipinski definition) is 0. The standard InChI is InChI=1S/C19H21F3N2O2/c1-18(25-9-10-26-18)15-3-2-8-24(12-15)17-16-5-4-14(19(20,21)22)11-13(16)6-7-23-17/h4-7,11,15H,2-3,8-10,12H2,1H3. The fraction of sp³-hybridized carbons (Fsp3) is 0.526. The number of rotatable bonds is 2. The highest BCUT2D eigenvalue weighted by molar-refractivity contribution is 5.92. The van der Waals surface area contributed by atoms with Crippen molar-refractivity contribution in [3.63, 3.8) is 0 Å². The minimum atomic E-state index is -4.35. The van der Waals surface area contributed by atoms with Crippen LogP contribution in [-0.4, -0.2) is 37.1 Å². The molecule has 0 aliphatic carbocycles. The molecular formula is C19H21F3N2O2. The number of pyridine rings is 1. The van der Waals surface area contributed by atoms with E-state index in [1.54, 1.807) is 12.3 Å². The first-order valence-corrected chi connectivity index (χ1v) is 8.86. The maximum absolute atomic E-state index is 13.0. The highest BCUT2D eigenvalue weighted by Gasteiger charge is 2.42. The Bertz CT molecular complexity index is 803. The monoisotopic (exact) mass is 366 g/mol. The molecule has 2 saturated heterocycles. The summed E-state index contributed by atoms with van der Waals surface area (Å²) in [5.41, 5.74) is -0.640. The van der Waals surface area contributed by atoms with Crippen LogP contribution in [0.15, 0.2) is 30.5 Å². The quantitative estimate of drug-likeness (QED) is 0.797. The van der Waals surface area contributed by atoms with Crippen molar-refractivity contribution in [2.45, 2.75) is 31.7 Å². The summed E-state index contributed by atoms with van der Waals surface area (Å²) in [6.45, 7) is 4.70. The predicted octanol–water partition coefficient (Wildman–Crippen LogP) is 4.23. The van der Waals surface area contributed by atoms with E-state index in [0.717, 1.165) is 36.7 Å². The van der Waals surface area contributed by atoms with Gasteiger partial charge in [0.25, 0.3) is 0 Å². The molecule has 140 valence electrons. The van der Waals surface area contributed by atoms with Crippen LogP contribution in [0.2, 0.25) is 0 Å². The Labute approximate surface area is 149 Å². The lowest BCUT2D eigenvalue weighted by atomic mass is 9.90. The number of alkyl halides is 3. The van der Waals surface area contributed by atoms with E-state index >= 15 is 0 Å². The molecule has 4 rings (SSSR count). The first kappa shape index (κ1) is 17.5. The van der Waals surface area contributed by atoms with Crippen molar-refractivity contribution in [3.05, 3.63) is 36.0 Å². The molecule has 1 aromatic heterocycles. The molecule has 0 radical (unpaired) electrons. The van der Waals surface area contributed by atoms with Gasteiger partial charge in [0.05, 0.1) is 18.8 Å². The van der Waals surface area contributed by atoms with E-state index in [-0.39, 0.29) is 5.92 Å². The van der Waals surface area contributed by atoms with Gasteiger partial charge in [-0.25, -0.2) is 4.98 Å². The van der Waals surface area contributed by atoms with Crippen molar-refractivity contribution in [1.82, 2.24) is 4.98 Å². The van der Waals surface area contributed by atoms with Crippen molar-refractivity contribution < 1.29 is 22.6 Å². The zero-order chi connectivity index (χ0) is 18.4. The molecule has 1 aromatic carbocycles. The molecule has 7 heteroatoms. The number of anilines is 1. The Morgan fingerprint density at radius 1 is 1.19 bits per heavy atom. The highest BCUT2D eigenvalue weighted by atomic mass is 19.4. The number of benzene rings is 1. The van der Waals surface area contributed by atoms with E-state index in [9.17, 15) is 13.2 Å². The lowest BCUT2D eigenvalue weighted by Crippen LogP contribution is -2.47. The van der Waals surface area contributed by atoms with Gasteiger partial charge in [0.2, 0.25) is 0 Å². The third kappa shape index (κ3) is 3.14. The van der Waals surface area contributed by atoms with Crippen LogP contribution in [0.3, 0.4) is 0 Å².